The van der Waals surface area contributed by atoms with Crippen LogP contribution in [0.4, 0.5) is 0 Å². The lowest BCUT2D eigenvalue weighted by Gasteiger charge is -2.23. The van der Waals surface area contributed by atoms with Crippen molar-refractivity contribution in [2.24, 2.45) is 5.18 Å². The molecule has 0 aliphatic carbocycles. The van der Waals surface area contributed by atoms with Gasteiger partial charge in [-0.2, -0.15) is 0 Å². The highest BCUT2D eigenvalue weighted by atomic mass is 32.2. The van der Waals surface area contributed by atoms with Gasteiger partial charge in [-0.15, -0.1) is 16.7 Å². The van der Waals surface area contributed by atoms with Crippen LogP contribution in [0.1, 0.15) is 6.92 Å². The first-order valence-corrected chi connectivity index (χ1v) is 4.02. The Bertz CT molecular complexity index is 162. The van der Waals surface area contributed by atoms with Gasteiger partial charge >= 0.3 is 0 Å². The zero-order chi connectivity index (χ0) is 7.56. The van der Waals surface area contributed by atoms with Crippen LogP contribution in [0.25, 0.3) is 0 Å². The number of carbonyl (C=O) groups excluding carboxylic acids is 1. The van der Waals surface area contributed by atoms with Gasteiger partial charge in [0.25, 0.3) is 0 Å². The van der Waals surface area contributed by atoms with Crippen LogP contribution < -0.4 is 5.32 Å². The largest absolute Gasteiger partial charge is 0.350 e. The molecule has 2 unspecified atom stereocenters. The van der Waals surface area contributed by atoms with Gasteiger partial charge in [0.05, 0.1) is 11.8 Å². The lowest BCUT2D eigenvalue weighted by Crippen LogP contribution is -2.44. The Hall–Kier alpha value is -0.580. The molecule has 10 heavy (non-hydrogen) atoms. The monoisotopic (exact) mass is 160 g/mol. The molecule has 0 radical (unpaired) electrons. The fourth-order valence-electron chi connectivity index (χ4n) is 0.794. The SMILES string of the molecule is CC1NC(=O)CSC1N=O. The van der Waals surface area contributed by atoms with E-state index >= 15 is 0 Å². The van der Waals surface area contributed by atoms with Gasteiger partial charge < -0.3 is 5.32 Å². The second kappa shape index (κ2) is 3.01. The molecule has 2 atom stereocenters. The quantitative estimate of drug-likeness (QED) is 0.562. The minimum Gasteiger partial charge on any atom is -0.350 e. The Balaban J connectivity index is 2.50. The minimum absolute atomic E-state index is 0.0163. The maximum absolute atomic E-state index is 10.7. The van der Waals surface area contributed by atoms with Crippen molar-refractivity contribution in [2.45, 2.75) is 18.3 Å². The van der Waals surface area contributed by atoms with E-state index in [1.807, 2.05) is 0 Å². The van der Waals surface area contributed by atoms with Crippen molar-refractivity contribution >= 4 is 17.7 Å². The summed E-state index contributed by atoms with van der Waals surface area (Å²) in [5.74, 6) is 0.332. The lowest BCUT2D eigenvalue weighted by molar-refractivity contribution is -0.119. The van der Waals surface area contributed by atoms with Crippen LogP contribution in [0.2, 0.25) is 0 Å². The number of carbonyl (C=O) groups is 1. The van der Waals surface area contributed by atoms with Gasteiger partial charge in [0, 0.05) is 0 Å². The molecule has 5 heteroatoms. The second-order valence-corrected chi connectivity index (χ2v) is 3.27. The maximum Gasteiger partial charge on any atom is 0.230 e. The van der Waals surface area contributed by atoms with Crippen molar-refractivity contribution in [2.75, 3.05) is 5.75 Å². The van der Waals surface area contributed by atoms with Gasteiger partial charge in [-0.3, -0.25) is 4.79 Å². The molecule has 4 nitrogen and oxygen atoms in total. The molecule has 0 aromatic carbocycles. The van der Waals surface area contributed by atoms with Crippen molar-refractivity contribution in [3.8, 4) is 0 Å². The number of hydrogen-bond donors (Lipinski definition) is 1. The first-order valence-electron chi connectivity index (χ1n) is 2.97. The van der Waals surface area contributed by atoms with E-state index in [2.05, 4.69) is 10.5 Å². The molecular weight excluding hydrogens is 152 g/mol. The first kappa shape index (κ1) is 7.53. The van der Waals surface area contributed by atoms with Crippen molar-refractivity contribution in [1.29, 1.82) is 0 Å². The number of nitrogens with zero attached hydrogens (tertiary/aromatic N) is 1. The van der Waals surface area contributed by atoms with E-state index in [9.17, 15) is 9.70 Å². The third-order valence-corrected chi connectivity index (χ3v) is 2.57. The molecule has 1 fully saturated rings. The molecule has 1 aliphatic rings. The van der Waals surface area contributed by atoms with Crippen LogP contribution in [0, 0.1) is 4.91 Å². The average Bonchev–Trinajstić information content (AvgIpc) is 1.88. The van der Waals surface area contributed by atoms with E-state index in [1.165, 1.54) is 11.8 Å². The van der Waals surface area contributed by atoms with Crippen LogP contribution in [0.5, 0.6) is 0 Å². The molecule has 1 amide bonds. The number of rotatable bonds is 1. The summed E-state index contributed by atoms with van der Waals surface area (Å²) < 4.78 is 0. The summed E-state index contributed by atoms with van der Waals surface area (Å²) >= 11 is 1.29. The van der Waals surface area contributed by atoms with Gasteiger partial charge in [0.15, 0.2) is 5.37 Å². The molecule has 1 heterocycles. The van der Waals surface area contributed by atoms with E-state index in [-0.39, 0.29) is 17.3 Å². The summed E-state index contributed by atoms with van der Waals surface area (Å²) in [5, 5.41) is 5.18. The van der Waals surface area contributed by atoms with E-state index in [1.54, 1.807) is 6.92 Å². The summed E-state index contributed by atoms with van der Waals surface area (Å²) in [4.78, 5) is 20.7. The van der Waals surface area contributed by atoms with Gasteiger partial charge in [-0.1, -0.05) is 5.18 Å². The van der Waals surface area contributed by atoms with Crippen LogP contribution >= 0.6 is 11.8 Å². The van der Waals surface area contributed by atoms with Crippen LogP contribution in [0.15, 0.2) is 5.18 Å². The Morgan fingerprint density at radius 2 is 2.50 bits per heavy atom. The van der Waals surface area contributed by atoms with Gasteiger partial charge in [-0.05, 0) is 6.92 Å². The summed E-state index contributed by atoms with van der Waals surface area (Å²) in [5.41, 5.74) is 0. The number of thioether (sulfide) groups is 1. The van der Waals surface area contributed by atoms with E-state index in [0.29, 0.717) is 5.75 Å². The fourth-order valence-corrected chi connectivity index (χ4v) is 1.62. The van der Waals surface area contributed by atoms with Crippen molar-refractivity contribution in [3.63, 3.8) is 0 Å². The van der Waals surface area contributed by atoms with E-state index < -0.39 is 0 Å². The Morgan fingerprint density at radius 3 is 3.00 bits per heavy atom. The average molecular weight is 160 g/mol. The molecule has 0 aromatic heterocycles. The van der Waals surface area contributed by atoms with Crippen LogP contribution in [-0.4, -0.2) is 23.1 Å². The number of hydrogen-bond acceptors (Lipinski definition) is 4. The minimum atomic E-state index is -0.308. The van der Waals surface area contributed by atoms with Crippen molar-refractivity contribution < 1.29 is 4.79 Å². The van der Waals surface area contributed by atoms with Crippen molar-refractivity contribution in [1.82, 2.24) is 5.32 Å². The van der Waals surface area contributed by atoms with Gasteiger partial charge in [-0.25, -0.2) is 0 Å². The molecule has 1 rings (SSSR count). The molecule has 0 spiro atoms. The number of nitrogens with one attached hydrogen (secondary N) is 1. The summed E-state index contributed by atoms with van der Waals surface area (Å²) in [7, 11) is 0. The summed E-state index contributed by atoms with van der Waals surface area (Å²) in [6.45, 7) is 1.77. The Morgan fingerprint density at radius 1 is 1.80 bits per heavy atom. The predicted molar refractivity (Wildman–Crippen MR) is 39.6 cm³/mol. The fraction of sp³-hybridized carbons (Fsp3) is 0.800. The molecule has 0 saturated carbocycles. The lowest BCUT2D eigenvalue weighted by atomic mass is 10.3. The Kier molecular flexibility index (Phi) is 2.26. The third kappa shape index (κ3) is 1.47. The van der Waals surface area contributed by atoms with Crippen molar-refractivity contribution in [3.05, 3.63) is 4.91 Å². The third-order valence-electron chi connectivity index (χ3n) is 1.31. The van der Waals surface area contributed by atoms with Crippen LogP contribution in [0.3, 0.4) is 0 Å². The second-order valence-electron chi connectivity index (χ2n) is 2.16. The van der Waals surface area contributed by atoms with Gasteiger partial charge in [0.2, 0.25) is 5.91 Å². The van der Waals surface area contributed by atoms with Crippen LogP contribution in [-0.2, 0) is 4.79 Å². The first-order chi connectivity index (χ1) is 4.74. The summed E-state index contributed by atoms with van der Waals surface area (Å²) in [6.07, 6.45) is 0. The molecule has 1 aliphatic heterocycles. The Labute approximate surface area is 62.7 Å². The molecule has 1 saturated heterocycles. The number of nitroso groups, excluding NO2 is 1. The molecular formula is C5H8N2O2S. The van der Waals surface area contributed by atoms with E-state index in [0.717, 1.165) is 0 Å². The molecule has 1 N–H and O–H groups in total. The normalized spacial score (nSPS) is 33.1. The summed E-state index contributed by atoms with van der Waals surface area (Å²) in [6, 6.07) is -0.122. The zero-order valence-corrected chi connectivity index (χ0v) is 6.35. The zero-order valence-electron chi connectivity index (χ0n) is 5.53. The number of amides is 1. The molecule has 56 valence electrons. The van der Waals surface area contributed by atoms with E-state index in [4.69, 9.17) is 0 Å². The standard InChI is InChI=1S/C5H8N2O2S/c1-3-5(7-9)10-2-4(8)6-3/h3,5H,2H2,1H3,(H,6,8). The highest BCUT2D eigenvalue weighted by Crippen LogP contribution is 2.19. The predicted octanol–water partition coefficient (Wildman–Crippen LogP) is 0.330. The molecule has 0 bridgehead atoms. The highest BCUT2D eigenvalue weighted by molar-refractivity contribution is 8.00. The maximum atomic E-state index is 10.7. The molecule has 0 aromatic rings. The van der Waals surface area contributed by atoms with Gasteiger partial charge in [0.1, 0.15) is 0 Å². The highest BCUT2D eigenvalue weighted by Gasteiger charge is 2.25. The smallest absolute Gasteiger partial charge is 0.230 e. The topological polar surface area (TPSA) is 58.5 Å².